The van der Waals surface area contributed by atoms with Gasteiger partial charge >= 0.3 is 0 Å². The summed E-state index contributed by atoms with van der Waals surface area (Å²) in [7, 11) is 0. The SMILES string of the molecule is CCN(CC)c1c2c(nn1-c1ccccc1)CCCCC2. The highest BCUT2D eigenvalue weighted by molar-refractivity contribution is 5.55. The number of fused-ring (bicyclic) bond motifs is 1. The standard InChI is InChI=1S/C18H25N3/c1-3-20(4-2)18-16-13-9-6-10-14-17(16)19-21(18)15-11-7-5-8-12-15/h5,7-8,11-12H,3-4,6,9-10,13-14H2,1-2H3. The Morgan fingerprint density at radius 3 is 2.43 bits per heavy atom. The fourth-order valence-electron chi connectivity index (χ4n) is 3.31. The molecule has 3 heteroatoms. The molecular weight excluding hydrogens is 258 g/mol. The molecule has 1 aliphatic rings. The van der Waals surface area contributed by atoms with Gasteiger partial charge in [-0.05, 0) is 51.7 Å². The Labute approximate surface area is 127 Å². The van der Waals surface area contributed by atoms with Crippen LogP contribution in [0.2, 0.25) is 0 Å². The molecule has 1 aromatic carbocycles. The molecule has 112 valence electrons. The molecule has 0 aliphatic heterocycles. The summed E-state index contributed by atoms with van der Waals surface area (Å²) in [5, 5.41) is 4.97. The van der Waals surface area contributed by atoms with Crippen LogP contribution in [-0.4, -0.2) is 22.9 Å². The van der Waals surface area contributed by atoms with Crippen molar-refractivity contribution in [1.29, 1.82) is 0 Å². The number of rotatable bonds is 4. The molecule has 1 aliphatic carbocycles. The van der Waals surface area contributed by atoms with E-state index in [0.29, 0.717) is 0 Å². The smallest absolute Gasteiger partial charge is 0.135 e. The summed E-state index contributed by atoms with van der Waals surface area (Å²) in [5.41, 5.74) is 3.98. The number of nitrogens with zero attached hydrogens (tertiary/aromatic N) is 3. The number of aryl methyl sites for hydroxylation is 1. The molecule has 0 fully saturated rings. The molecule has 0 N–H and O–H groups in total. The Morgan fingerprint density at radius 1 is 1.00 bits per heavy atom. The third-order valence-corrected chi connectivity index (χ3v) is 4.44. The van der Waals surface area contributed by atoms with Crippen molar-refractivity contribution >= 4 is 5.82 Å². The molecule has 1 heterocycles. The summed E-state index contributed by atoms with van der Waals surface area (Å²) in [5.74, 6) is 1.32. The predicted molar refractivity (Wildman–Crippen MR) is 88.4 cm³/mol. The Bertz CT molecular complexity index is 582. The first-order chi connectivity index (χ1) is 10.3. The average Bonchev–Trinajstić information content (AvgIpc) is 2.73. The zero-order chi connectivity index (χ0) is 14.7. The van der Waals surface area contributed by atoms with E-state index in [0.717, 1.165) is 19.5 Å². The van der Waals surface area contributed by atoms with Gasteiger partial charge in [-0.1, -0.05) is 24.6 Å². The number of para-hydroxylation sites is 1. The Morgan fingerprint density at radius 2 is 1.71 bits per heavy atom. The van der Waals surface area contributed by atoms with Crippen LogP contribution < -0.4 is 4.90 Å². The minimum atomic E-state index is 1.03. The van der Waals surface area contributed by atoms with Crippen molar-refractivity contribution in [2.24, 2.45) is 0 Å². The molecule has 0 saturated heterocycles. The monoisotopic (exact) mass is 283 g/mol. The van der Waals surface area contributed by atoms with Crippen molar-refractivity contribution < 1.29 is 0 Å². The summed E-state index contributed by atoms with van der Waals surface area (Å²) < 4.78 is 2.17. The van der Waals surface area contributed by atoms with E-state index in [9.17, 15) is 0 Å². The maximum Gasteiger partial charge on any atom is 0.135 e. The molecule has 1 aromatic heterocycles. The summed E-state index contributed by atoms with van der Waals surface area (Å²) in [6, 6.07) is 10.6. The molecule has 0 amide bonds. The van der Waals surface area contributed by atoms with E-state index in [2.05, 4.69) is 53.8 Å². The number of aromatic nitrogens is 2. The van der Waals surface area contributed by atoms with Crippen LogP contribution >= 0.6 is 0 Å². The van der Waals surface area contributed by atoms with Crippen LogP contribution in [0.15, 0.2) is 30.3 Å². The number of benzene rings is 1. The van der Waals surface area contributed by atoms with Crippen LogP contribution in [0.25, 0.3) is 5.69 Å². The van der Waals surface area contributed by atoms with Gasteiger partial charge in [-0.15, -0.1) is 0 Å². The molecule has 0 atom stereocenters. The van der Waals surface area contributed by atoms with Crippen LogP contribution in [0.1, 0.15) is 44.4 Å². The molecule has 0 unspecified atom stereocenters. The quantitative estimate of drug-likeness (QED) is 0.791. The van der Waals surface area contributed by atoms with Crippen LogP contribution in [0.4, 0.5) is 5.82 Å². The Balaban J connectivity index is 2.14. The van der Waals surface area contributed by atoms with Gasteiger partial charge in [0.2, 0.25) is 0 Å². The average molecular weight is 283 g/mol. The van der Waals surface area contributed by atoms with E-state index < -0.39 is 0 Å². The maximum atomic E-state index is 4.97. The van der Waals surface area contributed by atoms with Gasteiger partial charge in [0, 0.05) is 18.7 Å². The predicted octanol–water partition coefficient (Wildman–Crippen LogP) is 3.99. The van der Waals surface area contributed by atoms with Gasteiger partial charge in [0.25, 0.3) is 0 Å². The highest BCUT2D eigenvalue weighted by atomic mass is 15.4. The minimum Gasteiger partial charge on any atom is -0.357 e. The van der Waals surface area contributed by atoms with E-state index in [-0.39, 0.29) is 0 Å². The van der Waals surface area contributed by atoms with E-state index in [4.69, 9.17) is 5.10 Å². The normalized spacial score (nSPS) is 14.6. The molecule has 2 aromatic rings. The molecule has 3 nitrogen and oxygen atoms in total. The Kier molecular flexibility index (Phi) is 4.28. The van der Waals surface area contributed by atoms with Gasteiger partial charge in [-0.3, -0.25) is 0 Å². The molecule has 0 spiro atoms. The lowest BCUT2D eigenvalue weighted by molar-refractivity contribution is 0.688. The fourth-order valence-corrected chi connectivity index (χ4v) is 3.31. The van der Waals surface area contributed by atoms with Crippen molar-refractivity contribution in [3.63, 3.8) is 0 Å². The summed E-state index contributed by atoms with van der Waals surface area (Å²) in [4.78, 5) is 2.45. The zero-order valence-corrected chi connectivity index (χ0v) is 13.2. The number of hydrogen-bond donors (Lipinski definition) is 0. The van der Waals surface area contributed by atoms with Crippen LogP contribution in [0.5, 0.6) is 0 Å². The van der Waals surface area contributed by atoms with E-state index in [1.54, 1.807) is 0 Å². The van der Waals surface area contributed by atoms with Gasteiger partial charge < -0.3 is 4.90 Å². The summed E-state index contributed by atoms with van der Waals surface area (Å²) in [6.07, 6.45) is 6.20. The lowest BCUT2D eigenvalue weighted by Crippen LogP contribution is -2.25. The highest BCUT2D eigenvalue weighted by Gasteiger charge is 2.23. The molecule has 3 rings (SSSR count). The van der Waals surface area contributed by atoms with Crippen LogP contribution in [-0.2, 0) is 12.8 Å². The van der Waals surface area contributed by atoms with Crippen molar-refractivity contribution in [1.82, 2.24) is 9.78 Å². The molecule has 0 saturated carbocycles. The van der Waals surface area contributed by atoms with Gasteiger partial charge in [-0.2, -0.15) is 5.10 Å². The first-order valence-electron chi connectivity index (χ1n) is 8.26. The highest BCUT2D eigenvalue weighted by Crippen LogP contribution is 2.31. The molecule has 0 radical (unpaired) electrons. The second-order valence-corrected chi connectivity index (χ2v) is 5.73. The number of anilines is 1. The van der Waals surface area contributed by atoms with Crippen LogP contribution in [0, 0.1) is 0 Å². The van der Waals surface area contributed by atoms with E-state index in [1.807, 2.05) is 0 Å². The largest absolute Gasteiger partial charge is 0.357 e. The van der Waals surface area contributed by atoms with Gasteiger partial charge in [-0.25, -0.2) is 4.68 Å². The summed E-state index contributed by atoms with van der Waals surface area (Å²) in [6.45, 7) is 6.52. The lowest BCUT2D eigenvalue weighted by Gasteiger charge is -2.23. The number of hydrogen-bond acceptors (Lipinski definition) is 2. The third-order valence-electron chi connectivity index (χ3n) is 4.44. The fraction of sp³-hybridized carbons (Fsp3) is 0.500. The van der Waals surface area contributed by atoms with E-state index >= 15 is 0 Å². The first-order valence-corrected chi connectivity index (χ1v) is 8.26. The van der Waals surface area contributed by atoms with Crippen molar-refractivity contribution in [3.05, 3.63) is 41.6 Å². The second-order valence-electron chi connectivity index (χ2n) is 5.73. The van der Waals surface area contributed by atoms with Crippen molar-refractivity contribution in [2.75, 3.05) is 18.0 Å². The van der Waals surface area contributed by atoms with Gasteiger partial charge in [0.1, 0.15) is 5.82 Å². The van der Waals surface area contributed by atoms with Gasteiger partial charge in [0.05, 0.1) is 11.4 Å². The lowest BCUT2D eigenvalue weighted by atomic mass is 10.1. The van der Waals surface area contributed by atoms with Gasteiger partial charge in [0.15, 0.2) is 0 Å². The minimum absolute atomic E-state index is 1.03. The first kappa shape index (κ1) is 14.2. The summed E-state index contributed by atoms with van der Waals surface area (Å²) >= 11 is 0. The Hall–Kier alpha value is -1.77. The van der Waals surface area contributed by atoms with Crippen LogP contribution in [0.3, 0.4) is 0 Å². The van der Waals surface area contributed by atoms with E-state index in [1.165, 1.54) is 48.4 Å². The van der Waals surface area contributed by atoms with Crippen molar-refractivity contribution in [2.45, 2.75) is 46.0 Å². The van der Waals surface area contributed by atoms with Crippen molar-refractivity contribution in [3.8, 4) is 5.69 Å². The second kappa shape index (κ2) is 6.33. The zero-order valence-electron chi connectivity index (χ0n) is 13.2. The molecule has 21 heavy (non-hydrogen) atoms. The topological polar surface area (TPSA) is 21.1 Å². The third kappa shape index (κ3) is 2.69. The maximum absolute atomic E-state index is 4.97. The molecular formula is C18H25N3. The molecule has 0 bridgehead atoms.